The number of alkyl halides is 1. The summed E-state index contributed by atoms with van der Waals surface area (Å²) in [6.07, 6.45) is 3.22. The Hall–Kier alpha value is -2.24. The first-order valence-electron chi connectivity index (χ1n) is 8.84. The highest BCUT2D eigenvalue weighted by molar-refractivity contribution is 5.88. The van der Waals surface area contributed by atoms with E-state index in [0.717, 1.165) is 36.2 Å². The Morgan fingerprint density at radius 2 is 2.08 bits per heavy atom. The van der Waals surface area contributed by atoms with E-state index < -0.39 is 12.1 Å². The number of rotatable bonds is 5. The fraction of sp³-hybridized carbons (Fsp3) is 0.526. The molecule has 1 fully saturated rings. The van der Waals surface area contributed by atoms with Crippen LogP contribution in [0.15, 0.2) is 18.7 Å². The minimum Gasteiger partial charge on any atom is -0.461 e. The van der Waals surface area contributed by atoms with E-state index in [9.17, 15) is 9.18 Å². The highest BCUT2D eigenvalue weighted by Crippen LogP contribution is 2.29. The molecule has 0 aliphatic heterocycles. The van der Waals surface area contributed by atoms with Crippen molar-refractivity contribution >= 4 is 17.2 Å². The van der Waals surface area contributed by atoms with E-state index in [2.05, 4.69) is 16.7 Å². The van der Waals surface area contributed by atoms with Gasteiger partial charge in [0.05, 0.1) is 12.3 Å². The molecule has 134 valence electrons. The molecule has 2 heterocycles. The predicted octanol–water partition coefficient (Wildman–Crippen LogP) is 4.01. The van der Waals surface area contributed by atoms with Crippen LogP contribution in [0.1, 0.15) is 61.4 Å². The van der Waals surface area contributed by atoms with E-state index in [4.69, 9.17) is 4.74 Å². The van der Waals surface area contributed by atoms with Crippen LogP contribution in [0, 0.1) is 5.92 Å². The van der Waals surface area contributed by atoms with Crippen molar-refractivity contribution in [2.24, 2.45) is 5.92 Å². The smallest absolute Gasteiger partial charge is 0.358 e. The van der Waals surface area contributed by atoms with Crippen LogP contribution in [-0.4, -0.2) is 33.3 Å². The van der Waals surface area contributed by atoms with E-state index in [0.29, 0.717) is 31.0 Å². The predicted molar refractivity (Wildman–Crippen MR) is 94.2 cm³/mol. The fourth-order valence-electron chi connectivity index (χ4n) is 3.36. The van der Waals surface area contributed by atoms with E-state index >= 15 is 0 Å². The molecule has 0 unspecified atom stereocenters. The molecule has 3 rings (SSSR count). The lowest BCUT2D eigenvalue weighted by Crippen LogP contribution is -2.17. The van der Waals surface area contributed by atoms with Crippen molar-refractivity contribution in [3.05, 3.63) is 35.8 Å². The third-order valence-electron chi connectivity index (χ3n) is 4.68. The van der Waals surface area contributed by atoms with Gasteiger partial charge in [-0.05, 0) is 63.5 Å². The van der Waals surface area contributed by atoms with Crippen LogP contribution in [-0.2, 0) is 11.2 Å². The summed E-state index contributed by atoms with van der Waals surface area (Å²) in [5, 5.41) is 4.32. The average molecular weight is 345 g/mol. The zero-order valence-electron chi connectivity index (χ0n) is 14.8. The maximum absolute atomic E-state index is 13.3. The monoisotopic (exact) mass is 345 g/mol. The maximum Gasteiger partial charge on any atom is 0.358 e. The molecular formula is C19H24FN3O2. The summed E-state index contributed by atoms with van der Waals surface area (Å²) in [6, 6.07) is 3.62. The summed E-state index contributed by atoms with van der Waals surface area (Å²) in [7, 11) is 0. The lowest BCUT2D eigenvalue weighted by Gasteiger charge is -2.24. The Labute approximate surface area is 146 Å². The lowest BCUT2D eigenvalue weighted by atomic mass is 9.85. The number of carbonyl (C=O) groups excluding carboxylic acids is 1. The molecule has 6 heteroatoms. The number of esters is 1. The molecule has 0 spiro atoms. The van der Waals surface area contributed by atoms with Crippen molar-refractivity contribution in [3.63, 3.8) is 0 Å². The van der Waals surface area contributed by atoms with Gasteiger partial charge in [-0.3, -0.25) is 0 Å². The number of halogens is 1. The first-order valence-corrected chi connectivity index (χ1v) is 8.84. The molecule has 2 aromatic heterocycles. The van der Waals surface area contributed by atoms with Gasteiger partial charge >= 0.3 is 5.97 Å². The molecule has 0 N–H and O–H groups in total. The summed E-state index contributed by atoms with van der Waals surface area (Å²) in [5.41, 5.74) is 3.46. The van der Waals surface area contributed by atoms with Crippen LogP contribution in [0.5, 0.6) is 0 Å². The SMILES string of the molecule is C=C(C)c1cc(CC2CCC(F)CC2)nc2cc(C(=O)OCC)nn12. The first kappa shape index (κ1) is 17.6. The number of allylic oxidation sites excluding steroid dienone is 1. The molecule has 1 aliphatic rings. The van der Waals surface area contributed by atoms with Gasteiger partial charge in [-0.15, -0.1) is 0 Å². The second-order valence-corrected chi connectivity index (χ2v) is 6.76. The van der Waals surface area contributed by atoms with Gasteiger partial charge in [-0.2, -0.15) is 5.10 Å². The number of ether oxygens (including phenoxy) is 1. The number of nitrogens with zero attached hydrogens (tertiary/aromatic N) is 3. The number of hydrogen-bond acceptors (Lipinski definition) is 4. The van der Waals surface area contributed by atoms with Crippen molar-refractivity contribution in [3.8, 4) is 0 Å². The Balaban J connectivity index is 1.92. The molecule has 0 bridgehead atoms. The number of fused-ring (bicyclic) bond motifs is 1. The summed E-state index contributed by atoms with van der Waals surface area (Å²) >= 11 is 0. The number of carbonyl (C=O) groups is 1. The van der Waals surface area contributed by atoms with Crippen molar-refractivity contribution in [1.82, 2.24) is 14.6 Å². The Morgan fingerprint density at radius 1 is 1.36 bits per heavy atom. The van der Waals surface area contributed by atoms with Gasteiger partial charge < -0.3 is 4.74 Å². The maximum atomic E-state index is 13.3. The zero-order chi connectivity index (χ0) is 18.0. The summed E-state index contributed by atoms with van der Waals surface area (Å²) in [6.45, 7) is 7.97. The van der Waals surface area contributed by atoms with Gasteiger partial charge in [0.2, 0.25) is 0 Å². The second kappa shape index (κ2) is 7.33. The Kier molecular flexibility index (Phi) is 5.16. The zero-order valence-corrected chi connectivity index (χ0v) is 14.8. The van der Waals surface area contributed by atoms with E-state index in [1.165, 1.54) is 0 Å². The van der Waals surface area contributed by atoms with Crippen molar-refractivity contribution in [2.45, 2.75) is 52.1 Å². The molecule has 1 aliphatic carbocycles. The summed E-state index contributed by atoms with van der Waals surface area (Å²) in [5.74, 6) is -0.00384. The highest BCUT2D eigenvalue weighted by Gasteiger charge is 2.22. The van der Waals surface area contributed by atoms with E-state index in [-0.39, 0.29) is 5.69 Å². The normalized spacial score (nSPS) is 20.6. The second-order valence-electron chi connectivity index (χ2n) is 6.76. The molecule has 2 aromatic rings. The van der Waals surface area contributed by atoms with Crippen LogP contribution in [0.25, 0.3) is 11.2 Å². The minimum absolute atomic E-state index is 0.243. The van der Waals surface area contributed by atoms with Gasteiger partial charge in [0.25, 0.3) is 0 Å². The van der Waals surface area contributed by atoms with Crippen LogP contribution in [0.4, 0.5) is 4.39 Å². The van der Waals surface area contributed by atoms with Gasteiger partial charge in [0, 0.05) is 11.8 Å². The Bertz CT molecular complexity index is 791. The van der Waals surface area contributed by atoms with Crippen LogP contribution < -0.4 is 0 Å². The topological polar surface area (TPSA) is 56.5 Å². The van der Waals surface area contributed by atoms with Gasteiger partial charge in [0.1, 0.15) is 6.17 Å². The molecular weight excluding hydrogens is 321 g/mol. The average Bonchev–Trinajstić information content (AvgIpc) is 3.00. The van der Waals surface area contributed by atoms with Gasteiger partial charge in [-0.25, -0.2) is 18.7 Å². The third-order valence-corrected chi connectivity index (χ3v) is 4.68. The summed E-state index contributed by atoms with van der Waals surface area (Å²) < 4.78 is 20.0. The summed E-state index contributed by atoms with van der Waals surface area (Å²) in [4.78, 5) is 16.6. The number of hydrogen-bond donors (Lipinski definition) is 0. The van der Waals surface area contributed by atoms with Crippen LogP contribution in [0.3, 0.4) is 0 Å². The van der Waals surface area contributed by atoms with Gasteiger partial charge in [0.15, 0.2) is 11.3 Å². The molecule has 0 aromatic carbocycles. The highest BCUT2D eigenvalue weighted by atomic mass is 19.1. The molecule has 5 nitrogen and oxygen atoms in total. The largest absolute Gasteiger partial charge is 0.461 e. The van der Waals surface area contributed by atoms with Gasteiger partial charge in [-0.1, -0.05) is 6.58 Å². The molecule has 0 amide bonds. The molecule has 25 heavy (non-hydrogen) atoms. The minimum atomic E-state index is -0.653. The van der Waals surface area contributed by atoms with E-state index in [1.54, 1.807) is 17.5 Å². The van der Waals surface area contributed by atoms with Crippen LogP contribution >= 0.6 is 0 Å². The quantitative estimate of drug-likeness (QED) is 0.768. The third kappa shape index (κ3) is 3.89. The molecule has 0 radical (unpaired) electrons. The van der Waals surface area contributed by atoms with Crippen LogP contribution in [0.2, 0.25) is 0 Å². The lowest BCUT2D eigenvalue weighted by molar-refractivity contribution is 0.0519. The van der Waals surface area contributed by atoms with Crippen molar-refractivity contribution in [2.75, 3.05) is 6.61 Å². The molecule has 0 atom stereocenters. The fourth-order valence-corrected chi connectivity index (χ4v) is 3.36. The Morgan fingerprint density at radius 3 is 2.72 bits per heavy atom. The number of aromatic nitrogens is 3. The standard InChI is InChI=1S/C19H24FN3O2/c1-4-25-19(24)16-11-18-21-15(9-13-5-7-14(20)8-6-13)10-17(12(2)3)23(18)22-16/h10-11,13-14H,2,4-9H2,1,3H3. The van der Waals surface area contributed by atoms with Crippen molar-refractivity contribution < 1.29 is 13.9 Å². The molecule has 0 saturated heterocycles. The van der Waals surface area contributed by atoms with Crippen molar-refractivity contribution in [1.29, 1.82) is 0 Å². The molecule has 1 saturated carbocycles. The first-order chi connectivity index (χ1) is 12.0. The van der Waals surface area contributed by atoms with E-state index in [1.807, 2.05) is 13.0 Å².